The second-order valence-corrected chi connectivity index (χ2v) is 20.0. The molecule has 17 heteroatoms. The highest BCUT2D eigenvalue weighted by atomic mass is 32.2. The van der Waals surface area contributed by atoms with Crippen LogP contribution in [-0.4, -0.2) is 121 Å². The highest BCUT2D eigenvalue weighted by Crippen LogP contribution is 2.43. The maximum Gasteiger partial charge on any atom is 0.407 e. The Morgan fingerprint density at radius 3 is 2.43 bits per heavy atom. The van der Waals surface area contributed by atoms with Crippen molar-refractivity contribution >= 4 is 46.9 Å². The molecule has 6 heterocycles. The summed E-state index contributed by atoms with van der Waals surface area (Å²) in [5.41, 5.74) is 8.49. The summed E-state index contributed by atoms with van der Waals surface area (Å²) < 4.78 is 32.4. The van der Waals surface area contributed by atoms with Gasteiger partial charge in [0.1, 0.15) is 28.3 Å². The van der Waals surface area contributed by atoms with Crippen LogP contribution < -0.4 is 31.3 Å². The van der Waals surface area contributed by atoms with Crippen molar-refractivity contribution in [3.8, 4) is 0 Å². The molecule has 4 atom stereocenters. The van der Waals surface area contributed by atoms with Crippen molar-refractivity contribution in [1.29, 1.82) is 0 Å². The monoisotopic (exact) mass is 913 g/mol. The van der Waals surface area contributed by atoms with Crippen LogP contribution in [0.25, 0.3) is 0 Å². The molecule has 65 heavy (non-hydrogen) atoms. The lowest BCUT2D eigenvalue weighted by atomic mass is 9.73. The molecule has 0 saturated carbocycles. The van der Waals surface area contributed by atoms with E-state index in [2.05, 4.69) is 42.3 Å². The maximum atomic E-state index is 15.6. The summed E-state index contributed by atoms with van der Waals surface area (Å²) in [7, 11) is 0. The lowest BCUT2D eigenvalue weighted by Crippen LogP contribution is -2.56. The van der Waals surface area contributed by atoms with Gasteiger partial charge >= 0.3 is 12.1 Å². The molecule has 0 radical (unpaired) electrons. The van der Waals surface area contributed by atoms with Gasteiger partial charge in [-0.15, -0.1) is 0 Å². The second kappa shape index (κ2) is 20.4. The Hall–Kier alpha value is -4.81. The Bertz CT molecular complexity index is 2180. The minimum absolute atomic E-state index is 0.105. The van der Waals surface area contributed by atoms with E-state index in [9.17, 15) is 14.4 Å². The Labute approximate surface area is 386 Å². The van der Waals surface area contributed by atoms with Gasteiger partial charge in [0, 0.05) is 72.9 Å². The van der Waals surface area contributed by atoms with Gasteiger partial charge in [0.05, 0.1) is 43.4 Å². The van der Waals surface area contributed by atoms with Gasteiger partial charge in [-0.2, -0.15) is 0 Å². The van der Waals surface area contributed by atoms with Crippen LogP contribution in [-0.2, 0) is 19.0 Å². The van der Waals surface area contributed by atoms with Crippen molar-refractivity contribution in [2.24, 2.45) is 5.41 Å². The van der Waals surface area contributed by atoms with Crippen molar-refractivity contribution in [2.45, 2.75) is 125 Å². The first-order chi connectivity index (χ1) is 31.3. The minimum Gasteiger partial charge on any atom is -0.465 e. The number of nitrogens with one attached hydrogen (secondary N) is 4. The van der Waals surface area contributed by atoms with Crippen LogP contribution in [0.15, 0.2) is 76.4 Å². The zero-order valence-corrected chi connectivity index (χ0v) is 39.1. The summed E-state index contributed by atoms with van der Waals surface area (Å²) in [6, 6.07) is 12.4. The van der Waals surface area contributed by atoms with Crippen LogP contribution in [0.4, 0.5) is 26.4 Å². The molecule has 2 amide bonds. The largest absolute Gasteiger partial charge is 0.465 e. The van der Waals surface area contributed by atoms with Gasteiger partial charge in [-0.25, -0.2) is 30.0 Å². The van der Waals surface area contributed by atoms with E-state index < -0.39 is 17.5 Å². The minimum atomic E-state index is -0.575. The number of hydrogen-bond donors (Lipinski definition) is 4. The van der Waals surface area contributed by atoms with Crippen LogP contribution in [0.2, 0.25) is 0 Å². The second-order valence-electron chi connectivity index (χ2n) is 18.9. The normalized spacial score (nSPS) is 24.1. The zero-order chi connectivity index (χ0) is 45.7. The van der Waals surface area contributed by atoms with Gasteiger partial charge in [-0.05, 0) is 116 Å². The number of hydrogen-bond acceptors (Lipinski definition) is 14. The molecule has 0 bridgehead atoms. The van der Waals surface area contributed by atoms with Gasteiger partial charge in [0.2, 0.25) is 0 Å². The molecule has 2 aromatic carbocycles. The van der Waals surface area contributed by atoms with Crippen molar-refractivity contribution in [3.05, 3.63) is 77.9 Å². The van der Waals surface area contributed by atoms with Gasteiger partial charge in [0.25, 0.3) is 5.91 Å². The third-order valence-electron chi connectivity index (χ3n) is 13.4. The van der Waals surface area contributed by atoms with Crippen LogP contribution >= 0.6 is 11.8 Å². The lowest BCUT2D eigenvalue weighted by molar-refractivity contribution is -0.146. The van der Waals surface area contributed by atoms with Crippen molar-refractivity contribution in [1.82, 2.24) is 31.0 Å². The molecule has 4 N–H and O–H groups in total. The quantitative estimate of drug-likeness (QED) is 0.119. The first kappa shape index (κ1) is 46.7. The number of amides is 2. The number of ether oxygens (including phenoxy) is 3. The van der Waals surface area contributed by atoms with E-state index in [1.807, 2.05) is 58.9 Å². The Morgan fingerprint density at radius 2 is 1.77 bits per heavy atom. The van der Waals surface area contributed by atoms with Crippen molar-refractivity contribution in [2.75, 3.05) is 67.6 Å². The van der Waals surface area contributed by atoms with E-state index in [-0.39, 0.29) is 47.1 Å². The molecular formula is C48H64FN9O6S. The average molecular weight is 914 g/mol. The fraction of sp³-hybridized carbons (Fsp3) is 0.562. The summed E-state index contributed by atoms with van der Waals surface area (Å²) in [4.78, 5) is 55.2. The number of aromatic nitrogens is 2. The fourth-order valence-corrected chi connectivity index (χ4v) is 10.7. The standard InChI is InChI=1S/C48H64FN9O6S/c1-6-62-45(60)39-12-11-38(54-55-39)32-14-20-56(21-15-32)35-16-22-57(23-17-35)40-13-10-33(26-37(40)49)44(59)52-34-8-7-9-36(27-34)65-42-29-50-41(28-51-42)58-24-18-48(19-25-58)30-63-31(2)43(48)53-46(61)64-47(3,4)5/h7-10,13-14,26-29,31,35,38-39,43,54-55H,6,11-12,15-25,30H2,1-5H3,(H,52,59)(H,53,61)/t31-,38?,39?,43+/m0/s1. The maximum absolute atomic E-state index is 15.6. The van der Waals surface area contributed by atoms with E-state index in [1.165, 1.54) is 23.4 Å². The van der Waals surface area contributed by atoms with E-state index in [4.69, 9.17) is 24.2 Å². The number of halogens is 1. The predicted octanol–water partition coefficient (Wildman–Crippen LogP) is 6.71. The first-order valence-electron chi connectivity index (χ1n) is 23.2. The number of carbonyl (C=O) groups excluding carboxylic acids is 3. The molecule has 1 spiro atoms. The molecule has 1 aromatic heterocycles. The molecule has 5 aliphatic rings. The van der Waals surface area contributed by atoms with Gasteiger partial charge in [0.15, 0.2) is 0 Å². The molecule has 8 rings (SSSR count). The molecule has 350 valence electrons. The Balaban J connectivity index is 0.782. The number of piperidine rings is 2. The first-order valence-corrected chi connectivity index (χ1v) is 24.0. The van der Waals surface area contributed by atoms with Crippen molar-refractivity contribution < 1.29 is 33.0 Å². The van der Waals surface area contributed by atoms with Crippen LogP contribution in [0.3, 0.4) is 0 Å². The summed E-state index contributed by atoms with van der Waals surface area (Å²) in [6.07, 6.45) is 11.5. The molecule has 4 saturated heterocycles. The summed E-state index contributed by atoms with van der Waals surface area (Å²) in [5.74, 6) is -0.201. The number of nitrogens with zero attached hydrogens (tertiary/aromatic N) is 5. The van der Waals surface area contributed by atoms with E-state index in [0.717, 1.165) is 94.9 Å². The van der Waals surface area contributed by atoms with Gasteiger partial charge in [-0.1, -0.05) is 29.5 Å². The number of hydrazine groups is 1. The highest BCUT2D eigenvalue weighted by molar-refractivity contribution is 7.99. The third-order valence-corrected chi connectivity index (χ3v) is 14.4. The summed E-state index contributed by atoms with van der Waals surface area (Å²) in [6.45, 7) is 15.2. The molecule has 2 unspecified atom stereocenters. The van der Waals surface area contributed by atoms with Crippen molar-refractivity contribution in [3.63, 3.8) is 0 Å². The Morgan fingerprint density at radius 1 is 0.969 bits per heavy atom. The van der Waals surface area contributed by atoms with Crippen LogP contribution in [0.1, 0.15) is 89.9 Å². The molecule has 5 aliphatic heterocycles. The topological polar surface area (TPSA) is 163 Å². The molecule has 15 nitrogen and oxygen atoms in total. The zero-order valence-electron chi connectivity index (χ0n) is 38.2. The van der Waals surface area contributed by atoms with Crippen LogP contribution in [0, 0.1) is 11.2 Å². The Kier molecular flexibility index (Phi) is 14.6. The number of alkyl carbamates (subject to hydrolysis) is 1. The highest BCUT2D eigenvalue weighted by Gasteiger charge is 2.50. The van der Waals surface area contributed by atoms with Gasteiger partial charge in [-0.3, -0.25) is 14.5 Å². The number of benzene rings is 2. The molecule has 3 aromatic rings. The smallest absolute Gasteiger partial charge is 0.407 e. The lowest BCUT2D eigenvalue weighted by Gasteiger charge is -2.42. The van der Waals surface area contributed by atoms with Crippen LogP contribution in [0.5, 0.6) is 0 Å². The SMILES string of the molecule is CCOC(=O)C1CCC(C2=CCN(C3CCN(c4ccc(C(=O)Nc5cccc(Sc6cnc(N7CCC8(CC7)CO[C@@H](C)[C@H]8NC(=O)OC(C)(C)C)cn6)c5)cc4F)CC3)CC2)NN1. The molecule has 0 aliphatic carbocycles. The third kappa shape index (κ3) is 11.4. The number of esters is 1. The molecule has 4 fully saturated rings. The predicted molar refractivity (Wildman–Crippen MR) is 249 cm³/mol. The number of rotatable bonds is 11. The summed E-state index contributed by atoms with van der Waals surface area (Å²) >= 11 is 1.44. The number of carbonyl (C=O) groups is 3. The summed E-state index contributed by atoms with van der Waals surface area (Å²) in [5, 5.41) is 6.75. The van der Waals surface area contributed by atoms with E-state index >= 15 is 4.39 Å². The van der Waals surface area contributed by atoms with E-state index in [1.54, 1.807) is 24.5 Å². The van der Waals surface area contributed by atoms with E-state index in [0.29, 0.717) is 35.7 Å². The molecular weight excluding hydrogens is 850 g/mol. The van der Waals surface area contributed by atoms with Gasteiger partial charge < -0.3 is 34.6 Å². The average Bonchev–Trinajstić information content (AvgIpc) is 3.59. The fourth-order valence-electron chi connectivity index (χ4n) is 9.91. The number of anilines is 3.